The van der Waals surface area contributed by atoms with E-state index in [9.17, 15) is 4.79 Å². The lowest BCUT2D eigenvalue weighted by Crippen LogP contribution is -2.38. The normalized spacial score (nSPS) is 20.4. The van der Waals surface area contributed by atoms with Gasteiger partial charge < -0.3 is 4.90 Å². The van der Waals surface area contributed by atoms with Crippen molar-refractivity contribution in [2.75, 3.05) is 20.1 Å². The zero-order valence-corrected chi connectivity index (χ0v) is 16.3. The van der Waals surface area contributed by atoms with Gasteiger partial charge in [0.25, 0.3) is 0 Å². The number of amides is 1. The first-order valence-electron chi connectivity index (χ1n) is 9.98. The lowest BCUT2D eigenvalue weighted by molar-refractivity contribution is -0.131. The predicted molar refractivity (Wildman–Crippen MR) is 105 cm³/mol. The molecule has 0 saturated carbocycles. The summed E-state index contributed by atoms with van der Waals surface area (Å²) in [5.74, 6) is 1.14. The summed E-state index contributed by atoms with van der Waals surface area (Å²) in [6.45, 7) is 4.55. The zero-order chi connectivity index (χ0) is 18.8. The van der Waals surface area contributed by atoms with E-state index < -0.39 is 0 Å². The van der Waals surface area contributed by atoms with Crippen molar-refractivity contribution in [1.82, 2.24) is 19.8 Å². The average molecular weight is 364 g/mol. The van der Waals surface area contributed by atoms with Crippen molar-refractivity contribution in [3.63, 3.8) is 0 Å². The third-order valence-electron chi connectivity index (χ3n) is 5.85. The van der Waals surface area contributed by atoms with E-state index in [2.05, 4.69) is 36.0 Å². The number of piperidine rings is 1. The maximum atomic E-state index is 12.7. The Morgan fingerprint density at radius 2 is 2.00 bits per heavy atom. The van der Waals surface area contributed by atoms with E-state index in [0.29, 0.717) is 19.0 Å². The summed E-state index contributed by atoms with van der Waals surface area (Å²) in [7, 11) is 2.16. The largest absolute Gasteiger partial charge is 0.338 e. The first kappa shape index (κ1) is 18.1. The second-order valence-electron chi connectivity index (χ2n) is 7.92. The van der Waals surface area contributed by atoms with Crippen LogP contribution in [-0.4, -0.2) is 45.8 Å². The lowest BCUT2D eigenvalue weighted by atomic mass is 10.0. The Morgan fingerprint density at radius 3 is 2.78 bits per heavy atom. The first-order chi connectivity index (χ1) is 13.1. The fourth-order valence-electron chi connectivity index (χ4n) is 4.10. The smallest absolute Gasteiger partial charge is 0.227 e. The number of rotatable bonds is 3. The van der Waals surface area contributed by atoms with Gasteiger partial charge in [0, 0.05) is 31.3 Å². The van der Waals surface area contributed by atoms with Crippen LogP contribution in [0, 0.1) is 6.92 Å². The molecule has 0 spiro atoms. The van der Waals surface area contributed by atoms with E-state index in [4.69, 9.17) is 4.98 Å². The van der Waals surface area contributed by atoms with Gasteiger partial charge in [0.15, 0.2) is 0 Å². The summed E-state index contributed by atoms with van der Waals surface area (Å²) < 4.78 is 0. The molecule has 1 aromatic heterocycles. The number of hydrogen-bond donors (Lipinski definition) is 0. The molecule has 27 heavy (non-hydrogen) atoms. The van der Waals surface area contributed by atoms with Gasteiger partial charge in [-0.15, -0.1) is 0 Å². The quantitative estimate of drug-likeness (QED) is 0.840. The van der Waals surface area contributed by atoms with Gasteiger partial charge in [0.1, 0.15) is 5.82 Å². The summed E-state index contributed by atoms with van der Waals surface area (Å²) in [4.78, 5) is 26.6. The number of nitrogens with zero attached hydrogens (tertiary/aromatic N) is 4. The highest BCUT2D eigenvalue weighted by Crippen LogP contribution is 2.28. The Kier molecular flexibility index (Phi) is 5.21. The molecule has 1 unspecified atom stereocenters. The molecular formula is C22H28N4O. The highest BCUT2D eigenvalue weighted by Gasteiger charge is 2.26. The molecule has 2 aromatic rings. The molecule has 142 valence electrons. The van der Waals surface area contributed by atoms with Gasteiger partial charge in [-0.05, 0) is 38.9 Å². The van der Waals surface area contributed by atoms with E-state index in [1.54, 1.807) is 0 Å². The minimum Gasteiger partial charge on any atom is -0.338 e. The van der Waals surface area contributed by atoms with Gasteiger partial charge in [0.05, 0.1) is 18.2 Å². The van der Waals surface area contributed by atoms with Crippen LogP contribution >= 0.6 is 0 Å². The average Bonchev–Trinajstić information content (AvgIpc) is 2.69. The second-order valence-corrected chi connectivity index (χ2v) is 7.92. The molecule has 1 atom stereocenters. The Labute approximate surface area is 161 Å². The molecule has 4 rings (SSSR count). The molecule has 2 aliphatic rings. The van der Waals surface area contributed by atoms with Gasteiger partial charge in [-0.25, -0.2) is 9.97 Å². The highest BCUT2D eigenvalue weighted by atomic mass is 16.2. The summed E-state index contributed by atoms with van der Waals surface area (Å²) in [5.41, 5.74) is 4.51. The van der Waals surface area contributed by atoms with Crippen LogP contribution in [0.4, 0.5) is 0 Å². The third kappa shape index (κ3) is 4.03. The minimum absolute atomic E-state index is 0.181. The van der Waals surface area contributed by atoms with Crippen molar-refractivity contribution < 1.29 is 4.79 Å². The monoisotopic (exact) mass is 364 g/mol. The summed E-state index contributed by atoms with van der Waals surface area (Å²) in [6.07, 6.45) is 6.87. The number of likely N-dealkylation sites (tertiary alicyclic amines) is 1. The Bertz CT molecular complexity index is 818. The van der Waals surface area contributed by atoms with E-state index >= 15 is 0 Å². The minimum atomic E-state index is 0.181. The van der Waals surface area contributed by atoms with Gasteiger partial charge >= 0.3 is 0 Å². The molecule has 0 bridgehead atoms. The van der Waals surface area contributed by atoms with E-state index in [1.807, 2.05) is 23.2 Å². The predicted octanol–water partition coefficient (Wildman–Crippen LogP) is 3.07. The van der Waals surface area contributed by atoms with Crippen LogP contribution in [0.2, 0.25) is 0 Å². The maximum Gasteiger partial charge on any atom is 0.227 e. The SMILES string of the molecule is Cc1ccc(CC(=O)N2CCc3nc(C4CCCCN4C)ncc3C2)cc1. The number of aromatic nitrogens is 2. The molecule has 0 radical (unpaired) electrons. The zero-order valence-electron chi connectivity index (χ0n) is 16.3. The molecule has 5 nitrogen and oxygen atoms in total. The van der Waals surface area contributed by atoms with Crippen LogP contribution < -0.4 is 0 Å². The standard InChI is InChI=1S/C22H28N4O/c1-16-6-8-17(9-7-16)13-21(27)26-12-10-19-18(15-26)14-23-22(24-19)20-5-3-4-11-25(20)2/h6-9,14,20H,3-5,10-13,15H2,1-2H3. The van der Waals surface area contributed by atoms with Crippen molar-refractivity contribution in [1.29, 1.82) is 0 Å². The Hall–Kier alpha value is -2.27. The van der Waals surface area contributed by atoms with Crippen LogP contribution in [0.15, 0.2) is 30.5 Å². The third-order valence-corrected chi connectivity index (χ3v) is 5.85. The fraction of sp³-hybridized carbons (Fsp3) is 0.500. The van der Waals surface area contributed by atoms with E-state index in [0.717, 1.165) is 48.6 Å². The summed E-state index contributed by atoms with van der Waals surface area (Å²) in [6, 6.07) is 8.55. The van der Waals surface area contributed by atoms with Gasteiger partial charge in [-0.2, -0.15) is 0 Å². The van der Waals surface area contributed by atoms with Crippen molar-refractivity contribution in [3.05, 3.63) is 58.7 Å². The number of carbonyl (C=O) groups excluding carboxylic acids is 1. The van der Waals surface area contributed by atoms with Crippen LogP contribution in [0.1, 0.15) is 53.5 Å². The molecule has 1 saturated heterocycles. The molecular weight excluding hydrogens is 336 g/mol. The molecule has 1 amide bonds. The lowest BCUT2D eigenvalue weighted by Gasteiger charge is -2.33. The van der Waals surface area contributed by atoms with Crippen molar-refractivity contribution >= 4 is 5.91 Å². The van der Waals surface area contributed by atoms with Gasteiger partial charge in [-0.3, -0.25) is 9.69 Å². The molecule has 1 aromatic carbocycles. The molecule has 5 heteroatoms. The van der Waals surface area contributed by atoms with Crippen LogP contribution in [0.3, 0.4) is 0 Å². The van der Waals surface area contributed by atoms with Crippen molar-refractivity contribution in [2.24, 2.45) is 0 Å². The molecule has 3 heterocycles. The summed E-state index contributed by atoms with van der Waals surface area (Å²) >= 11 is 0. The second kappa shape index (κ2) is 7.77. The van der Waals surface area contributed by atoms with Crippen LogP contribution in [-0.2, 0) is 24.2 Å². The van der Waals surface area contributed by atoms with Crippen LogP contribution in [0.25, 0.3) is 0 Å². The molecule has 0 aliphatic carbocycles. The van der Waals surface area contributed by atoms with E-state index in [1.165, 1.54) is 18.4 Å². The van der Waals surface area contributed by atoms with Crippen molar-refractivity contribution in [2.45, 2.75) is 51.6 Å². The molecule has 2 aliphatic heterocycles. The first-order valence-corrected chi connectivity index (χ1v) is 9.98. The molecule has 1 fully saturated rings. The fourth-order valence-corrected chi connectivity index (χ4v) is 4.10. The summed E-state index contributed by atoms with van der Waals surface area (Å²) in [5, 5.41) is 0. The van der Waals surface area contributed by atoms with Gasteiger partial charge in [-0.1, -0.05) is 36.2 Å². The number of fused-ring (bicyclic) bond motifs is 1. The van der Waals surface area contributed by atoms with Gasteiger partial charge in [0.2, 0.25) is 5.91 Å². The Balaban J connectivity index is 1.43. The molecule has 0 N–H and O–H groups in total. The highest BCUT2D eigenvalue weighted by molar-refractivity contribution is 5.79. The van der Waals surface area contributed by atoms with Crippen molar-refractivity contribution in [3.8, 4) is 0 Å². The maximum absolute atomic E-state index is 12.7. The number of hydrogen-bond acceptors (Lipinski definition) is 4. The number of benzene rings is 1. The van der Waals surface area contributed by atoms with E-state index in [-0.39, 0.29) is 5.91 Å². The number of aryl methyl sites for hydroxylation is 1. The van der Waals surface area contributed by atoms with Crippen LogP contribution in [0.5, 0.6) is 0 Å². The Morgan fingerprint density at radius 1 is 1.19 bits per heavy atom. The number of carbonyl (C=O) groups is 1. The topological polar surface area (TPSA) is 49.3 Å².